The van der Waals surface area contributed by atoms with Gasteiger partial charge in [0.05, 0.1) is 11.7 Å². The lowest BCUT2D eigenvalue weighted by Crippen LogP contribution is -2.29. The summed E-state index contributed by atoms with van der Waals surface area (Å²) < 4.78 is 3.19. The third-order valence-corrected chi connectivity index (χ3v) is 4.01. The average Bonchev–Trinajstić information content (AvgIpc) is 2.72. The molecule has 2 aromatic rings. The van der Waals surface area contributed by atoms with Gasteiger partial charge < -0.3 is 4.40 Å². The van der Waals surface area contributed by atoms with E-state index in [-0.39, 0.29) is 0 Å². The van der Waals surface area contributed by atoms with Gasteiger partial charge in [0.15, 0.2) is 0 Å². The van der Waals surface area contributed by atoms with E-state index in [0.717, 1.165) is 10.1 Å². The lowest BCUT2D eigenvalue weighted by molar-refractivity contribution is 0.184. The van der Waals surface area contributed by atoms with Crippen LogP contribution in [0.5, 0.6) is 0 Å². The van der Waals surface area contributed by atoms with Crippen LogP contribution in [0.25, 0.3) is 5.65 Å². The molecule has 0 unspecified atom stereocenters. The molecule has 0 bridgehead atoms. The van der Waals surface area contributed by atoms with E-state index in [2.05, 4.69) is 50.7 Å². The Kier molecular flexibility index (Phi) is 2.92. The molecule has 1 saturated heterocycles. The number of nitrogens with zero attached hydrogens (tertiary/aromatic N) is 3. The Morgan fingerprint density at radius 2 is 2.18 bits per heavy atom. The molecule has 17 heavy (non-hydrogen) atoms. The zero-order valence-electron chi connectivity index (χ0n) is 9.93. The zero-order chi connectivity index (χ0) is 11.8. The first kappa shape index (κ1) is 11.2. The Balaban J connectivity index is 1.99. The summed E-state index contributed by atoms with van der Waals surface area (Å²) in [6.45, 7) is 1.18. The molecular weight excluding hydrogens is 278 g/mol. The summed E-state index contributed by atoms with van der Waals surface area (Å²) in [5.74, 6) is 0. The second kappa shape index (κ2) is 4.42. The molecule has 1 atom stereocenters. The minimum Gasteiger partial charge on any atom is -0.306 e. The van der Waals surface area contributed by atoms with E-state index in [9.17, 15) is 0 Å². The van der Waals surface area contributed by atoms with Crippen LogP contribution in [0, 0.1) is 0 Å². The van der Waals surface area contributed by atoms with E-state index in [4.69, 9.17) is 4.98 Å². The van der Waals surface area contributed by atoms with Gasteiger partial charge in [0.1, 0.15) is 5.65 Å². The number of pyridine rings is 1. The normalized spacial score (nSPS) is 22.1. The molecule has 90 valence electrons. The van der Waals surface area contributed by atoms with E-state index in [0.29, 0.717) is 6.04 Å². The predicted octanol–water partition coefficient (Wildman–Crippen LogP) is 3.25. The highest BCUT2D eigenvalue weighted by Crippen LogP contribution is 2.29. The highest BCUT2D eigenvalue weighted by atomic mass is 79.9. The second-order valence-electron chi connectivity index (χ2n) is 4.77. The van der Waals surface area contributed by atoms with E-state index < -0.39 is 0 Å². The van der Waals surface area contributed by atoms with Gasteiger partial charge in [0.25, 0.3) is 0 Å². The van der Waals surface area contributed by atoms with Gasteiger partial charge in [-0.15, -0.1) is 0 Å². The molecule has 0 N–H and O–H groups in total. The van der Waals surface area contributed by atoms with Gasteiger partial charge in [0.2, 0.25) is 0 Å². The van der Waals surface area contributed by atoms with Crippen LogP contribution in [0.4, 0.5) is 0 Å². The average molecular weight is 294 g/mol. The summed E-state index contributed by atoms with van der Waals surface area (Å²) in [6, 6.07) is 4.58. The van der Waals surface area contributed by atoms with Crippen molar-refractivity contribution in [3.8, 4) is 0 Å². The number of hydrogen-bond acceptors (Lipinski definition) is 2. The number of aromatic nitrogens is 2. The highest BCUT2D eigenvalue weighted by Gasteiger charge is 2.22. The predicted molar refractivity (Wildman–Crippen MR) is 72.1 cm³/mol. The Morgan fingerprint density at radius 1 is 1.29 bits per heavy atom. The quantitative estimate of drug-likeness (QED) is 0.805. The molecule has 1 aliphatic rings. The number of imidazole rings is 1. The van der Waals surface area contributed by atoms with Crippen molar-refractivity contribution in [1.29, 1.82) is 0 Å². The number of piperidine rings is 1. The SMILES string of the molecule is CN1CCCC[C@@H]1c1cn2cc(Br)ccc2n1. The third-order valence-electron chi connectivity index (χ3n) is 3.55. The molecule has 0 aromatic carbocycles. The maximum Gasteiger partial charge on any atom is 0.137 e. The molecule has 0 spiro atoms. The summed E-state index contributed by atoms with van der Waals surface area (Å²) in [5.41, 5.74) is 2.23. The maximum absolute atomic E-state index is 4.73. The summed E-state index contributed by atoms with van der Waals surface area (Å²) in [4.78, 5) is 7.15. The lowest BCUT2D eigenvalue weighted by Gasteiger charge is -2.31. The van der Waals surface area contributed by atoms with E-state index in [1.165, 1.54) is 31.5 Å². The molecule has 3 rings (SSSR count). The fourth-order valence-electron chi connectivity index (χ4n) is 2.59. The summed E-state index contributed by atoms with van der Waals surface area (Å²) in [6.07, 6.45) is 8.07. The molecule has 1 fully saturated rings. The minimum atomic E-state index is 0.488. The van der Waals surface area contributed by atoms with Gasteiger partial charge in [0, 0.05) is 16.9 Å². The van der Waals surface area contributed by atoms with Crippen molar-refractivity contribution in [3.63, 3.8) is 0 Å². The van der Waals surface area contributed by atoms with Crippen LogP contribution in [0.15, 0.2) is 29.0 Å². The van der Waals surface area contributed by atoms with Gasteiger partial charge >= 0.3 is 0 Å². The number of likely N-dealkylation sites (tertiary alicyclic amines) is 1. The number of halogens is 1. The first-order chi connectivity index (χ1) is 8.24. The summed E-state index contributed by atoms with van der Waals surface area (Å²) in [5, 5.41) is 0. The van der Waals surface area contributed by atoms with E-state index in [1.807, 2.05) is 6.07 Å². The molecule has 0 amide bonds. The van der Waals surface area contributed by atoms with Gasteiger partial charge in [-0.05, 0) is 54.5 Å². The Hall–Kier alpha value is -0.870. The molecule has 1 aliphatic heterocycles. The van der Waals surface area contributed by atoms with Gasteiger partial charge in [-0.1, -0.05) is 6.42 Å². The van der Waals surface area contributed by atoms with E-state index in [1.54, 1.807) is 0 Å². The van der Waals surface area contributed by atoms with Crippen molar-refractivity contribution in [1.82, 2.24) is 14.3 Å². The fraction of sp³-hybridized carbons (Fsp3) is 0.462. The van der Waals surface area contributed by atoms with Crippen LogP contribution in [-0.4, -0.2) is 27.9 Å². The van der Waals surface area contributed by atoms with Crippen molar-refractivity contribution in [2.24, 2.45) is 0 Å². The van der Waals surface area contributed by atoms with Crippen molar-refractivity contribution >= 4 is 21.6 Å². The topological polar surface area (TPSA) is 20.5 Å². The molecule has 0 radical (unpaired) electrons. The Bertz CT molecular complexity index is 534. The first-order valence-electron chi connectivity index (χ1n) is 6.08. The van der Waals surface area contributed by atoms with Gasteiger partial charge in [-0.2, -0.15) is 0 Å². The number of hydrogen-bond donors (Lipinski definition) is 0. The van der Waals surface area contributed by atoms with E-state index >= 15 is 0 Å². The lowest BCUT2D eigenvalue weighted by atomic mass is 10.0. The van der Waals surface area contributed by atoms with Crippen molar-refractivity contribution in [3.05, 3.63) is 34.7 Å². The maximum atomic E-state index is 4.73. The number of fused-ring (bicyclic) bond motifs is 1. The highest BCUT2D eigenvalue weighted by molar-refractivity contribution is 9.10. The molecule has 0 saturated carbocycles. The Labute approximate surface area is 110 Å². The van der Waals surface area contributed by atoms with Crippen LogP contribution < -0.4 is 0 Å². The molecule has 4 heteroatoms. The Morgan fingerprint density at radius 3 is 3.00 bits per heavy atom. The van der Waals surface area contributed by atoms with Crippen molar-refractivity contribution in [2.45, 2.75) is 25.3 Å². The summed E-state index contributed by atoms with van der Waals surface area (Å²) >= 11 is 3.49. The van der Waals surface area contributed by atoms with Crippen LogP contribution in [0.3, 0.4) is 0 Å². The van der Waals surface area contributed by atoms with Gasteiger partial charge in [-0.25, -0.2) is 4.98 Å². The smallest absolute Gasteiger partial charge is 0.137 e. The zero-order valence-corrected chi connectivity index (χ0v) is 11.5. The summed E-state index contributed by atoms with van der Waals surface area (Å²) in [7, 11) is 2.20. The van der Waals surface area contributed by atoms with Crippen LogP contribution in [-0.2, 0) is 0 Å². The monoisotopic (exact) mass is 293 g/mol. The standard InChI is InChI=1S/C13H16BrN3/c1-16-7-3-2-4-12(16)11-9-17-8-10(14)5-6-13(17)15-11/h5-6,8-9,12H,2-4,7H2,1H3/t12-/m1/s1. The van der Waals surface area contributed by atoms with Crippen LogP contribution in [0.2, 0.25) is 0 Å². The molecule has 0 aliphatic carbocycles. The molecule has 3 nitrogen and oxygen atoms in total. The van der Waals surface area contributed by atoms with Crippen LogP contribution in [0.1, 0.15) is 31.0 Å². The minimum absolute atomic E-state index is 0.488. The first-order valence-corrected chi connectivity index (χ1v) is 6.88. The fourth-order valence-corrected chi connectivity index (χ4v) is 2.95. The number of rotatable bonds is 1. The van der Waals surface area contributed by atoms with Crippen LogP contribution >= 0.6 is 15.9 Å². The molecular formula is C13H16BrN3. The third kappa shape index (κ3) is 2.11. The van der Waals surface area contributed by atoms with Crippen molar-refractivity contribution in [2.75, 3.05) is 13.6 Å². The largest absolute Gasteiger partial charge is 0.306 e. The molecule has 2 aromatic heterocycles. The van der Waals surface area contributed by atoms with Gasteiger partial charge in [-0.3, -0.25) is 4.90 Å². The molecule has 3 heterocycles. The second-order valence-corrected chi connectivity index (χ2v) is 5.69. The van der Waals surface area contributed by atoms with Crippen molar-refractivity contribution < 1.29 is 0 Å².